The first-order valence-corrected chi connectivity index (χ1v) is 8.04. The fourth-order valence-electron chi connectivity index (χ4n) is 2.06. The summed E-state index contributed by atoms with van der Waals surface area (Å²) < 4.78 is 13.7. The summed E-state index contributed by atoms with van der Waals surface area (Å²) in [5.41, 5.74) is 1.58. The number of nitrogens with zero attached hydrogens (tertiary/aromatic N) is 2. The Morgan fingerprint density at radius 2 is 2.10 bits per heavy atom. The molecule has 0 atom stereocenters. The van der Waals surface area contributed by atoms with Gasteiger partial charge in [0.25, 0.3) is 0 Å². The molecule has 0 radical (unpaired) electrons. The normalized spacial score (nSPS) is 11.1. The van der Waals surface area contributed by atoms with Crippen molar-refractivity contribution in [3.05, 3.63) is 46.2 Å². The Morgan fingerprint density at radius 3 is 2.81 bits per heavy atom. The van der Waals surface area contributed by atoms with E-state index in [1.807, 2.05) is 23.4 Å². The van der Waals surface area contributed by atoms with Gasteiger partial charge < -0.3 is 10.2 Å². The number of rotatable bonds is 7. The molecule has 0 spiro atoms. The largest absolute Gasteiger partial charge is 0.366 e. The lowest BCUT2D eigenvalue weighted by Crippen LogP contribution is -2.19. The second-order valence-corrected chi connectivity index (χ2v) is 6.51. The van der Waals surface area contributed by atoms with Crippen LogP contribution in [0.15, 0.2) is 29.6 Å². The monoisotopic (exact) mass is 307 g/mol. The highest BCUT2D eigenvalue weighted by Gasteiger charge is 2.09. The fourth-order valence-corrected chi connectivity index (χ4v) is 2.81. The van der Waals surface area contributed by atoms with Crippen molar-refractivity contribution in [1.82, 2.24) is 10.3 Å². The number of hydrogen-bond acceptors (Lipinski definition) is 4. The third-order valence-electron chi connectivity index (χ3n) is 3.09. The molecule has 0 saturated heterocycles. The number of thiazole rings is 1. The minimum atomic E-state index is -0.200. The summed E-state index contributed by atoms with van der Waals surface area (Å²) in [6, 6.07) is 6.81. The molecule has 114 valence electrons. The Labute approximate surface area is 129 Å². The van der Waals surface area contributed by atoms with E-state index in [-0.39, 0.29) is 5.82 Å². The lowest BCUT2D eigenvalue weighted by molar-refractivity contribution is 0.551. The molecule has 1 aromatic carbocycles. The van der Waals surface area contributed by atoms with Crippen LogP contribution in [-0.4, -0.2) is 18.6 Å². The molecule has 2 rings (SSSR count). The summed E-state index contributed by atoms with van der Waals surface area (Å²) in [6.45, 7) is 6.77. The SMILES string of the molecule is CC(C)CNCc1nc(CN(C)c2ccccc2F)cs1. The molecule has 0 unspecified atom stereocenters. The Hall–Kier alpha value is -1.46. The second-order valence-electron chi connectivity index (χ2n) is 5.56. The Kier molecular flexibility index (Phi) is 5.70. The van der Waals surface area contributed by atoms with E-state index in [1.54, 1.807) is 23.5 Å². The Morgan fingerprint density at radius 1 is 1.33 bits per heavy atom. The summed E-state index contributed by atoms with van der Waals surface area (Å²) in [4.78, 5) is 6.48. The van der Waals surface area contributed by atoms with Crippen molar-refractivity contribution in [3.8, 4) is 0 Å². The smallest absolute Gasteiger partial charge is 0.146 e. The van der Waals surface area contributed by atoms with E-state index in [9.17, 15) is 4.39 Å². The lowest BCUT2D eigenvalue weighted by Gasteiger charge is -2.18. The second kappa shape index (κ2) is 7.52. The number of hydrogen-bond donors (Lipinski definition) is 1. The van der Waals surface area contributed by atoms with Gasteiger partial charge in [-0.25, -0.2) is 9.37 Å². The van der Waals surface area contributed by atoms with Gasteiger partial charge in [-0.15, -0.1) is 11.3 Å². The molecule has 0 aliphatic rings. The number of halogens is 1. The van der Waals surface area contributed by atoms with Gasteiger partial charge in [0.05, 0.1) is 17.9 Å². The maximum Gasteiger partial charge on any atom is 0.146 e. The molecular weight excluding hydrogens is 285 g/mol. The van der Waals surface area contributed by atoms with Gasteiger partial charge in [-0.2, -0.15) is 0 Å². The van der Waals surface area contributed by atoms with Crippen LogP contribution >= 0.6 is 11.3 Å². The van der Waals surface area contributed by atoms with Crippen molar-refractivity contribution >= 4 is 17.0 Å². The molecule has 2 aromatic rings. The van der Waals surface area contributed by atoms with Crippen molar-refractivity contribution < 1.29 is 4.39 Å². The minimum Gasteiger partial charge on any atom is -0.366 e. The first-order valence-electron chi connectivity index (χ1n) is 7.16. The lowest BCUT2D eigenvalue weighted by atomic mass is 10.2. The quantitative estimate of drug-likeness (QED) is 0.846. The molecule has 0 aliphatic carbocycles. The third-order valence-corrected chi connectivity index (χ3v) is 3.99. The summed E-state index contributed by atoms with van der Waals surface area (Å²) in [7, 11) is 1.88. The van der Waals surface area contributed by atoms with Crippen LogP contribution in [0.25, 0.3) is 0 Å². The van der Waals surface area contributed by atoms with Crippen LogP contribution in [0.2, 0.25) is 0 Å². The highest BCUT2D eigenvalue weighted by atomic mass is 32.1. The van der Waals surface area contributed by atoms with Crippen LogP contribution in [0.3, 0.4) is 0 Å². The third kappa shape index (κ3) is 4.79. The standard InChI is InChI=1S/C16H22FN3S/c1-12(2)8-18-9-16-19-13(11-21-16)10-20(3)15-7-5-4-6-14(15)17/h4-7,11-12,18H,8-10H2,1-3H3. The zero-order chi connectivity index (χ0) is 15.2. The molecular formula is C16H22FN3S. The molecule has 3 nitrogen and oxygen atoms in total. The van der Waals surface area contributed by atoms with E-state index in [0.717, 1.165) is 23.8 Å². The zero-order valence-electron chi connectivity index (χ0n) is 12.8. The molecule has 0 fully saturated rings. The number of benzene rings is 1. The van der Waals surface area contributed by atoms with Gasteiger partial charge in [-0.3, -0.25) is 0 Å². The van der Waals surface area contributed by atoms with Crippen molar-refractivity contribution in [3.63, 3.8) is 0 Å². The van der Waals surface area contributed by atoms with Gasteiger partial charge in [0.2, 0.25) is 0 Å². The predicted molar refractivity (Wildman–Crippen MR) is 87.2 cm³/mol. The molecule has 1 heterocycles. The van der Waals surface area contributed by atoms with Crippen molar-refractivity contribution in [2.75, 3.05) is 18.5 Å². The Bertz CT molecular complexity index is 568. The van der Waals surface area contributed by atoms with Crippen LogP contribution in [0, 0.1) is 11.7 Å². The average Bonchev–Trinajstić information content (AvgIpc) is 2.86. The van der Waals surface area contributed by atoms with Crippen LogP contribution < -0.4 is 10.2 Å². The van der Waals surface area contributed by atoms with Crippen molar-refractivity contribution in [2.24, 2.45) is 5.92 Å². The minimum absolute atomic E-state index is 0.200. The van der Waals surface area contributed by atoms with E-state index in [0.29, 0.717) is 18.2 Å². The molecule has 0 saturated carbocycles. The summed E-state index contributed by atoms with van der Waals surface area (Å²) in [5.74, 6) is 0.436. The van der Waals surface area contributed by atoms with Crippen LogP contribution in [-0.2, 0) is 13.1 Å². The van der Waals surface area contributed by atoms with Gasteiger partial charge in [0.15, 0.2) is 0 Å². The highest BCUT2D eigenvalue weighted by Crippen LogP contribution is 2.20. The van der Waals surface area contributed by atoms with Gasteiger partial charge >= 0.3 is 0 Å². The van der Waals surface area contributed by atoms with E-state index in [1.165, 1.54) is 6.07 Å². The van der Waals surface area contributed by atoms with Crippen LogP contribution in [0.1, 0.15) is 24.5 Å². The van der Waals surface area contributed by atoms with E-state index in [4.69, 9.17) is 0 Å². The van der Waals surface area contributed by atoms with Gasteiger partial charge in [-0.05, 0) is 24.6 Å². The maximum absolute atomic E-state index is 13.7. The first-order chi connectivity index (χ1) is 10.1. The number of nitrogens with one attached hydrogen (secondary N) is 1. The van der Waals surface area contributed by atoms with Gasteiger partial charge in [-0.1, -0.05) is 26.0 Å². The highest BCUT2D eigenvalue weighted by molar-refractivity contribution is 7.09. The molecule has 1 N–H and O–H groups in total. The average molecular weight is 307 g/mol. The predicted octanol–water partition coefficient (Wildman–Crippen LogP) is 3.66. The van der Waals surface area contributed by atoms with Crippen molar-refractivity contribution in [2.45, 2.75) is 26.9 Å². The van der Waals surface area contributed by atoms with Crippen LogP contribution in [0.4, 0.5) is 10.1 Å². The molecule has 21 heavy (non-hydrogen) atoms. The van der Waals surface area contributed by atoms with E-state index < -0.39 is 0 Å². The molecule has 5 heteroatoms. The van der Waals surface area contributed by atoms with Gasteiger partial charge in [0.1, 0.15) is 10.8 Å². The zero-order valence-corrected chi connectivity index (χ0v) is 13.6. The Balaban J connectivity index is 1.91. The molecule has 1 aromatic heterocycles. The number of aromatic nitrogens is 1. The fraction of sp³-hybridized carbons (Fsp3) is 0.438. The number of anilines is 1. The first kappa shape index (κ1) is 15.9. The van der Waals surface area contributed by atoms with E-state index in [2.05, 4.69) is 24.1 Å². The summed E-state index contributed by atoms with van der Waals surface area (Å²) in [5, 5.41) is 6.50. The van der Waals surface area contributed by atoms with Crippen molar-refractivity contribution in [1.29, 1.82) is 0 Å². The summed E-state index contributed by atoms with van der Waals surface area (Å²) >= 11 is 1.65. The summed E-state index contributed by atoms with van der Waals surface area (Å²) in [6.07, 6.45) is 0. The van der Waals surface area contributed by atoms with E-state index >= 15 is 0 Å². The topological polar surface area (TPSA) is 28.2 Å². The van der Waals surface area contributed by atoms with Crippen LogP contribution in [0.5, 0.6) is 0 Å². The van der Waals surface area contributed by atoms with Gasteiger partial charge in [0, 0.05) is 19.0 Å². The molecule has 0 bridgehead atoms. The molecule has 0 amide bonds. The molecule has 0 aliphatic heterocycles. The number of para-hydroxylation sites is 1. The maximum atomic E-state index is 13.7.